The van der Waals surface area contributed by atoms with Gasteiger partial charge in [-0.05, 0) is 41.5 Å². The van der Waals surface area contributed by atoms with E-state index in [2.05, 4.69) is 15.6 Å². The van der Waals surface area contributed by atoms with E-state index in [-0.39, 0.29) is 5.91 Å². The summed E-state index contributed by atoms with van der Waals surface area (Å²) in [6.07, 6.45) is 0. The molecule has 4 rings (SSSR count). The van der Waals surface area contributed by atoms with Gasteiger partial charge in [0.25, 0.3) is 5.91 Å². The van der Waals surface area contributed by atoms with Gasteiger partial charge in [-0.3, -0.25) is 4.79 Å². The monoisotopic (exact) mass is 372 g/mol. The molecule has 0 radical (unpaired) electrons. The Balaban J connectivity index is 1.48. The minimum absolute atomic E-state index is 0.129. The molecule has 1 amide bonds. The first kappa shape index (κ1) is 17.7. The van der Waals surface area contributed by atoms with Crippen LogP contribution in [0.5, 0.6) is 5.75 Å². The van der Waals surface area contributed by atoms with Crippen LogP contribution in [0.4, 0.5) is 0 Å². The third-order valence-corrected chi connectivity index (χ3v) is 4.56. The van der Waals surface area contributed by atoms with Gasteiger partial charge in [-0.2, -0.15) is 0 Å². The normalized spacial score (nSPS) is 10.8. The second-order valence-electron chi connectivity index (χ2n) is 6.47. The molecule has 1 N–H and O–H groups in total. The molecule has 0 saturated heterocycles. The number of amides is 1. The third kappa shape index (κ3) is 3.86. The fourth-order valence-corrected chi connectivity index (χ4v) is 3.01. The molecule has 0 spiro atoms. The molecule has 0 unspecified atom stereocenters. The van der Waals surface area contributed by atoms with Crippen molar-refractivity contribution in [3.63, 3.8) is 0 Å². The van der Waals surface area contributed by atoms with Crippen LogP contribution in [-0.2, 0) is 13.1 Å². The van der Waals surface area contributed by atoms with Crippen LogP contribution in [0.2, 0.25) is 0 Å². The van der Waals surface area contributed by atoms with E-state index in [0.717, 1.165) is 22.4 Å². The zero-order chi connectivity index (χ0) is 19.3. The van der Waals surface area contributed by atoms with E-state index in [1.54, 1.807) is 19.2 Å². The fourth-order valence-electron chi connectivity index (χ4n) is 3.01. The maximum Gasteiger partial charge on any atom is 0.251 e. The number of rotatable bonds is 6. The molecule has 6 nitrogen and oxygen atoms in total. The number of hydrogen-bond donors (Lipinski definition) is 1. The van der Waals surface area contributed by atoms with Gasteiger partial charge < -0.3 is 10.1 Å². The predicted molar refractivity (Wildman–Crippen MR) is 107 cm³/mol. The number of methoxy groups -OCH3 is 1. The van der Waals surface area contributed by atoms with Gasteiger partial charge in [-0.1, -0.05) is 47.7 Å². The second kappa shape index (κ2) is 7.92. The summed E-state index contributed by atoms with van der Waals surface area (Å²) in [6.45, 7) is 1.09. The zero-order valence-corrected chi connectivity index (χ0v) is 15.5. The summed E-state index contributed by atoms with van der Waals surface area (Å²) in [5, 5.41) is 11.4. The molecule has 6 heteroatoms. The van der Waals surface area contributed by atoms with Crippen molar-refractivity contribution in [1.82, 2.24) is 20.3 Å². The minimum atomic E-state index is -0.129. The number of aromatic nitrogens is 3. The molecule has 1 heterocycles. The average molecular weight is 372 g/mol. The third-order valence-electron chi connectivity index (χ3n) is 4.56. The van der Waals surface area contributed by atoms with Crippen LogP contribution in [0.3, 0.4) is 0 Å². The van der Waals surface area contributed by atoms with Crippen molar-refractivity contribution < 1.29 is 9.53 Å². The Morgan fingerprint density at radius 1 is 1.00 bits per heavy atom. The predicted octanol–water partition coefficient (Wildman–Crippen LogP) is 3.42. The summed E-state index contributed by atoms with van der Waals surface area (Å²) in [5.74, 6) is 0.689. The van der Waals surface area contributed by atoms with E-state index < -0.39 is 0 Å². The quantitative estimate of drug-likeness (QED) is 0.563. The van der Waals surface area contributed by atoms with Gasteiger partial charge in [-0.25, -0.2) is 4.68 Å². The van der Waals surface area contributed by atoms with Gasteiger partial charge >= 0.3 is 0 Å². The molecule has 140 valence electrons. The lowest BCUT2D eigenvalue weighted by molar-refractivity contribution is 0.0951. The number of benzene rings is 3. The molecule has 4 aromatic rings. The van der Waals surface area contributed by atoms with Crippen molar-refractivity contribution in [2.24, 2.45) is 0 Å². The standard InChI is InChI=1S/C22H20N4O2/c1-28-19-10-7-17(8-11-19)15-26-21-12-9-18(13-20(21)24-25-26)22(27)23-14-16-5-3-2-4-6-16/h2-13H,14-15H2,1H3,(H,23,27). The van der Waals surface area contributed by atoms with Crippen LogP contribution in [0, 0.1) is 0 Å². The van der Waals surface area contributed by atoms with Gasteiger partial charge in [0, 0.05) is 12.1 Å². The number of fused-ring (bicyclic) bond motifs is 1. The lowest BCUT2D eigenvalue weighted by Crippen LogP contribution is -2.22. The van der Waals surface area contributed by atoms with Crippen molar-refractivity contribution in [2.45, 2.75) is 13.1 Å². The highest BCUT2D eigenvalue weighted by Crippen LogP contribution is 2.17. The molecule has 0 bridgehead atoms. The molecule has 3 aromatic carbocycles. The number of hydrogen-bond acceptors (Lipinski definition) is 4. The first-order valence-electron chi connectivity index (χ1n) is 9.01. The van der Waals surface area contributed by atoms with Crippen molar-refractivity contribution in [3.05, 3.63) is 89.5 Å². The highest BCUT2D eigenvalue weighted by molar-refractivity contribution is 5.97. The van der Waals surface area contributed by atoms with Crippen molar-refractivity contribution >= 4 is 16.9 Å². The molecule has 28 heavy (non-hydrogen) atoms. The van der Waals surface area contributed by atoms with E-state index >= 15 is 0 Å². The highest BCUT2D eigenvalue weighted by atomic mass is 16.5. The molecular weight excluding hydrogens is 352 g/mol. The number of ether oxygens (including phenoxy) is 1. The first-order chi connectivity index (χ1) is 13.7. The number of carbonyl (C=O) groups is 1. The average Bonchev–Trinajstić information content (AvgIpc) is 3.15. The Morgan fingerprint density at radius 3 is 2.54 bits per heavy atom. The Morgan fingerprint density at radius 2 is 1.79 bits per heavy atom. The van der Waals surface area contributed by atoms with E-state index in [0.29, 0.717) is 24.2 Å². The molecular formula is C22H20N4O2. The Labute approximate surface area is 162 Å². The van der Waals surface area contributed by atoms with Crippen LogP contribution >= 0.6 is 0 Å². The Hall–Kier alpha value is -3.67. The minimum Gasteiger partial charge on any atom is -0.497 e. The van der Waals surface area contributed by atoms with Crippen molar-refractivity contribution in [2.75, 3.05) is 7.11 Å². The van der Waals surface area contributed by atoms with Crippen LogP contribution in [-0.4, -0.2) is 28.0 Å². The smallest absolute Gasteiger partial charge is 0.251 e. The Bertz CT molecular complexity index is 1090. The molecule has 0 fully saturated rings. The molecule has 0 aliphatic heterocycles. The van der Waals surface area contributed by atoms with E-state index in [4.69, 9.17) is 4.74 Å². The second-order valence-corrected chi connectivity index (χ2v) is 6.47. The summed E-state index contributed by atoms with van der Waals surface area (Å²) in [6, 6.07) is 23.1. The summed E-state index contributed by atoms with van der Waals surface area (Å²) in [7, 11) is 1.65. The summed E-state index contributed by atoms with van der Waals surface area (Å²) in [4.78, 5) is 12.4. The lowest BCUT2D eigenvalue weighted by Gasteiger charge is -2.06. The Kier molecular flexibility index (Phi) is 5.01. The zero-order valence-electron chi connectivity index (χ0n) is 15.5. The van der Waals surface area contributed by atoms with Crippen LogP contribution in [0.25, 0.3) is 11.0 Å². The van der Waals surface area contributed by atoms with E-state index in [1.165, 1.54) is 0 Å². The van der Waals surface area contributed by atoms with Crippen LogP contribution in [0.15, 0.2) is 72.8 Å². The van der Waals surface area contributed by atoms with E-state index in [9.17, 15) is 4.79 Å². The van der Waals surface area contributed by atoms with Gasteiger partial charge in [0.05, 0.1) is 19.2 Å². The maximum atomic E-state index is 12.4. The molecule has 1 aromatic heterocycles. The first-order valence-corrected chi connectivity index (χ1v) is 9.01. The highest BCUT2D eigenvalue weighted by Gasteiger charge is 2.10. The summed E-state index contributed by atoms with van der Waals surface area (Å²) in [5.41, 5.74) is 4.30. The fraction of sp³-hybridized carbons (Fsp3) is 0.136. The SMILES string of the molecule is COc1ccc(Cn2nnc3cc(C(=O)NCc4ccccc4)ccc32)cc1. The van der Waals surface area contributed by atoms with Crippen LogP contribution in [0.1, 0.15) is 21.5 Å². The van der Waals surface area contributed by atoms with Gasteiger partial charge in [0.1, 0.15) is 11.3 Å². The molecule has 0 atom stereocenters. The van der Waals surface area contributed by atoms with Gasteiger partial charge in [0.15, 0.2) is 0 Å². The topological polar surface area (TPSA) is 69.0 Å². The van der Waals surface area contributed by atoms with Gasteiger partial charge in [0.2, 0.25) is 0 Å². The maximum absolute atomic E-state index is 12.4. The lowest BCUT2D eigenvalue weighted by atomic mass is 10.1. The van der Waals surface area contributed by atoms with Crippen molar-refractivity contribution in [1.29, 1.82) is 0 Å². The number of carbonyl (C=O) groups excluding carboxylic acids is 1. The number of nitrogens with one attached hydrogen (secondary N) is 1. The molecule has 0 aliphatic rings. The largest absolute Gasteiger partial charge is 0.497 e. The van der Waals surface area contributed by atoms with Crippen molar-refractivity contribution in [3.8, 4) is 5.75 Å². The summed E-state index contributed by atoms with van der Waals surface area (Å²) < 4.78 is 7.01. The van der Waals surface area contributed by atoms with Crippen LogP contribution < -0.4 is 10.1 Å². The summed E-state index contributed by atoms with van der Waals surface area (Å²) >= 11 is 0. The van der Waals surface area contributed by atoms with Gasteiger partial charge in [-0.15, -0.1) is 5.10 Å². The molecule has 0 aliphatic carbocycles. The van der Waals surface area contributed by atoms with E-state index in [1.807, 2.05) is 65.3 Å². The number of nitrogens with zero attached hydrogens (tertiary/aromatic N) is 3. The molecule has 0 saturated carbocycles.